The van der Waals surface area contributed by atoms with Gasteiger partial charge in [-0.3, -0.25) is 4.79 Å². The molecule has 0 N–H and O–H groups in total. The third-order valence-electron chi connectivity index (χ3n) is 8.34. The van der Waals surface area contributed by atoms with Crippen LogP contribution in [0.15, 0.2) is 0 Å². The summed E-state index contributed by atoms with van der Waals surface area (Å²) in [4.78, 5) is 13.2. The van der Waals surface area contributed by atoms with Gasteiger partial charge in [-0.15, -0.1) is 0 Å². The summed E-state index contributed by atoms with van der Waals surface area (Å²) in [6.45, 7) is 3.72. The molecule has 3 atom stereocenters. The predicted molar refractivity (Wildman–Crippen MR) is 114 cm³/mol. The highest BCUT2D eigenvalue weighted by Crippen LogP contribution is 2.63. The fourth-order valence-corrected chi connectivity index (χ4v) is 7.63. The first-order valence-electron chi connectivity index (χ1n) is 11.5. The SMILES string of the molecule is CC(C)C1(OC(=O)C(C)(I)C(C(F)C(F)(F)C(F)(F)C(F)(F)F)C(F)(F)F)C2CC3CC(C2)CC1C3. The average Bonchev–Trinajstić information content (AvgIpc) is 2.67. The third-order valence-corrected chi connectivity index (χ3v) is 9.45. The van der Waals surface area contributed by atoms with E-state index in [1.165, 1.54) is 0 Å². The molecule has 0 heterocycles. The maximum absolute atomic E-state index is 14.7. The summed E-state index contributed by atoms with van der Waals surface area (Å²) in [7, 11) is 0. The number of ether oxygens (including phenoxy) is 1. The Hall–Kier alpha value is -0.570. The van der Waals surface area contributed by atoms with Crippen LogP contribution in [0.4, 0.5) is 48.3 Å². The van der Waals surface area contributed by atoms with Gasteiger partial charge in [-0.05, 0) is 68.6 Å². The van der Waals surface area contributed by atoms with Crippen molar-refractivity contribution < 1.29 is 57.8 Å². The van der Waals surface area contributed by atoms with Crippen molar-refractivity contribution >= 4 is 28.6 Å². The molecular weight excluding hydrogens is 632 g/mol. The number of esters is 1. The van der Waals surface area contributed by atoms with Gasteiger partial charge in [0.05, 0.1) is 0 Å². The van der Waals surface area contributed by atoms with Crippen molar-refractivity contribution in [3.05, 3.63) is 0 Å². The van der Waals surface area contributed by atoms with Gasteiger partial charge >= 0.3 is 30.2 Å². The Morgan fingerprint density at radius 2 is 1.28 bits per heavy atom. The van der Waals surface area contributed by atoms with Crippen molar-refractivity contribution in [2.45, 2.75) is 92.3 Å². The van der Waals surface area contributed by atoms with Gasteiger partial charge in [-0.2, -0.15) is 43.9 Å². The first kappa shape index (κ1) is 30.0. The molecule has 0 aromatic heterocycles. The number of carbonyl (C=O) groups excluding carboxylic acids is 1. The van der Waals surface area contributed by atoms with Gasteiger partial charge in [0.2, 0.25) is 0 Å². The van der Waals surface area contributed by atoms with Gasteiger partial charge < -0.3 is 4.74 Å². The molecule has 0 radical (unpaired) electrons. The van der Waals surface area contributed by atoms with Crippen molar-refractivity contribution in [3.63, 3.8) is 0 Å². The van der Waals surface area contributed by atoms with Crippen molar-refractivity contribution in [2.24, 2.45) is 35.5 Å². The normalized spacial score (nSPS) is 34.4. The minimum Gasteiger partial charge on any atom is -0.457 e. The van der Waals surface area contributed by atoms with E-state index in [-0.39, 0.29) is 11.8 Å². The van der Waals surface area contributed by atoms with Crippen molar-refractivity contribution in [3.8, 4) is 0 Å². The van der Waals surface area contributed by atoms with Crippen LogP contribution in [-0.4, -0.2) is 45.4 Å². The molecule has 4 saturated carbocycles. The lowest BCUT2D eigenvalue weighted by atomic mass is 9.47. The summed E-state index contributed by atoms with van der Waals surface area (Å²) in [6.07, 6.45) is -14.8. The fraction of sp³-hybridized carbons (Fsp3) is 0.955. The number of hydrogen-bond acceptors (Lipinski definition) is 2. The van der Waals surface area contributed by atoms with Crippen LogP contribution in [0.2, 0.25) is 0 Å². The average molecular weight is 658 g/mol. The Morgan fingerprint density at radius 1 is 0.861 bits per heavy atom. The lowest BCUT2D eigenvalue weighted by molar-refractivity contribution is -0.375. The zero-order valence-corrected chi connectivity index (χ0v) is 21.6. The Labute approximate surface area is 214 Å². The summed E-state index contributed by atoms with van der Waals surface area (Å²) in [6, 6.07) is 0. The first-order valence-corrected chi connectivity index (χ1v) is 12.5. The van der Waals surface area contributed by atoms with Crippen LogP contribution in [0, 0.1) is 35.5 Å². The Morgan fingerprint density at radius 3 is 1.61 bits per heavy atom. The lowest BCUT2D eigenvalue weighted by Gasteiger charge is -2.62. The van der Waals surface area contributed by atoms with Crippen molar-refractivity contribution in [1.82, 2.24) is 0 Å². The Bertz CT molecular complexity index is 822. The van der Waals surface area contributed by atoms with Crippen LogP contribution in [0.3, 0.4) is 0 Å². The van der Waals surface area contributed by atoms with E-state index in [4.69, 9.17) is 4.74 Å². The largest absolute Gasteiger partial charge is 0.459 e. The summed E-state index contributed by atoms with van der Waals surface area (Å²) < 4.78 is 151. The lowest BCUT2D eigenvalue weighted by Crippen LogP contribution is -2.66. The molecular formula is C22H26F11IO2. The fourth-order valence-electron chi connectivity index (χ4n) is 6.85. The maximum atomic E-state index is 14.7. The van der Waals surface area contributed by atoms with Crippen LogP contribution in [0.25, 0.3) is 0 Å². The van der Waals surface area contributed by atoms with Crippen LogP contribution in [0.5, 0.6) is 0 Å². The quantitative estimate of drug-likeness (QED) is 0.120. The number of alkyl halides is 12. The van der Waals surface area contributed by atoms with E-state index >= 15 is 0 Å². The van der Waals surface area contributed by atoms with Crippen molar-refractivity contribution in [1.29, 1.82) is 0 Å². The van der Waals surface area contributed by atoms with E-state index < -0.39 is 57.2 Å². The number of carbonyl (C=O) groups is 1. The second-order valence-corrected chi connectivity index (χ2v) is 13.1. The highest BCUT2D eigenvalue weighted by molar-refractivity contribution is 14.1. The van der Waals surface area contributed by atoms with Gasteiger partial charge in [0.1, 0.15) is 14.9 Å². The van der Waals surface area contributed by atoms with Gasteiger partial charge in [0, 0.05) is 0 Å². The molecule has 4 aliphatic rings. The first-order chi connectivity index (χ1) is 16.0. The van der Waals surface area contributed by atoms with Gasteiger partial charge in [-0.25, -0.2) is 4.39 Å². The van der Waals surface area contributed by atoms with E-state index in [0.717, 1.165) is 6.42 Å². The molecule has 4 rings (SSSR count). The topological polar surface area (TPSA) is 26.3 Å². The van der Waals surface area contributed by atoms with Crippen LogP contribution >= 0.6 is 22.6 Å². The highest BCUT2D eigenvalue weighted by atomic mass is 127. The molecule has 0 aromatic rings. The van der Waals surface area contributed by atoms with E-state index in [9.17, 15) is 53.1 Å². The molecule has 0 amide bonds. The molecule has 210 valence electrons. The second kappa shape index (κ2) is 8.99. The van der Waals surface area contributed by atoms with E-state index in [1.54, 1.807) is 13.8 Å². The molecule has 4 fully saturated rings. The number of hydrogen-bond donors (Lipinski definition) is 0. The number of halogens is 12. The van der Waals surface area contributed by atoms with Gasteiger partial charge in [-0.1, -0.05) is 36.4 Å². The minimum absolute atomic E-state index is 0.244. The van der Waals surface area contributed by atoms with Crippen LogP contribution < -0.4 is 0 Å². The Kier molecular flexibility index (Phi) is 7.48. The summed E-state index contributed by atoms with van der Waals surface area (Å²) >= 11 is 0.683. The Balaban J connectivity index is 1.99. The van der Waals surface area contributed by atoms with Gasteiger partial charge in [0.25, 0.3) is 0 Å². The zero-order chi connectivity index (χ0) is 27.9. The number of rotatable bonds is 7. The summed E-state index contributed by atoms with van der Waals surface area (Å²) in [5.41, 5.74) is -1.28. The molecule has 0 spiro atoms. The molecule has 4 aliphatic carbocycles. The predicted octanol–water partition coefficient (Wildman–Crippen LogP) is 7.92. The minimum atomic E-state index is -7.12. The maximum Gasteiger partial charge on any atom is 0.459 e. The molecule has 3 unspecified atom stereocenters. The van der Waals surface area contributed by atoms with Crippen molar-refractivity contribution in [2.75, 3.05) is 0 Å². The standard InChI is InChI=1S/C22H26F11IO2/c1-9(2)18(12-5-10-4-11(7-12)8-13(18)6-10)36-16(35)17(3,34)14(20(26,27)28)15(23)19(24,25)21(29,30)22(31,32)33/h9-15H,4-8H2,1-3H3. The third kappa shape index (κ3) is 4.50. The van der Waals surface area contributed by atoms with Gasteiger partial charge in [0.15, 0.2) is 6.17 Å². The molecule has 0 aliphatic heterocycles. The zero-order valence-electron chi connectivity index (χ0n) is 19.4. The smallest absolute Gasteiger partial charge is 0.457 e. The molecule has 4 bridgehead atoms. The monoisotopic (exact) mass is 658 g/mol. The summed E-state index contributed by atoms with van der Waals surface area (Å²) in [5.74, 6) is -20.2. The summed E-state index contributed by atoms with van der Waals surface area (Å²) in [5, 5.41) is 0. The molecule has 2 nitrogen and oxygen atoms in total. The van der Waals surface area contributed by atoms with Crippen LogP contribution in [-0.2, 0) is 9.53 Å². The molecule has 14 heteroatoms. The van der Waals surface area contributed by atoms with Crippen LogP contribution in [0.1, 0.15) is 52.9 Å². The van der Waals surface area contributed by atoms with E-state index in [2.05, 4.69) is 0 Å². The van der Waals surface area contributed by atoms with E-state index in [0.29, 0.717) is 67.0 Å². The second-order valence-electron chi connectivity index (χ2n) is 10.9. The molecule has 0 aromatic carbocycles. The highest BCUT2D eigenvalue weighted by Gasteiger charge is 2.80. The molecule has 0 saturated heterocycles. The van der Waals surface area contributed by atoms with E-state index in [1.807, 2.05) is 0 Å². The molecule has 36 heavy (non-hydrogen) atoms.